The summed E-state index contributed by atoms with van der Waals surface area (Å²) < 4.78 is 9.75. The van der Waals surface area contributed by atoms with Gasteiger partial charge >= 0.3 is 11.7 Å². The topological polar surface area (TPSA) is 37.3 Å². The van der Waals surface area contributed by atoms with Crippen molar-refractivity contribution in [2.45, 2.75) is 19.3 Å². The quantitative estimate of drug-likeness (QED) is 0.442. The van der Waals surface area contributed by atoms with E-state index < -0.39 is 0 Å². The Morgan fingerprint density at radius 2 is 2.00 bits per heavy atom. The number of rotatable bonds is 5. The first-order valence-electron chi connectivity index (χ1n) is 2.77. The second kappa shape index (κ2) is 6.98. The third-order valence-corrected chi connectivity index (χ3v) is 1.34. The summed E-state index contributed by atoms with van der Waals surface area (Å²) in [5, 5.41) is 8.28. The van der Waals surface area contributed by atoms with Crippen LogP contribution in [0.25, 0.3) is 0 Å². The van der Waals surface area contributed by atoms with Gasteiger partial charge in [0, 0.05) is 17.2 Å². The van der Waals surface area contributed by atoms with Gasteiger partial charge in [-0.1, -0.05) is 0 Å². The van der Waals surface area contributed by atoms with Crippen molar-refractivity contribution in [3.8, 4) is 0 Å². The Bertz CT molecular complexity index is 56.4. The minimum Gasteiger partial charge on any atom is -0.396 e. The van der Waals surface area contributed by atoms with Gasteiger partial charge in [0.15, 0.2) is 0 Å². The van der Waals surface area contributed by atoms with Gasteiger partial charge in [0.25, 0.3) is 0 Å². The molecule has 48 valence electrons. The molecule has 0 amide bonds. The van der Waals surface area contributed by atoms with E-state index in [1.54, 1.807) is 0 Å². The van der Waals surface area contributed by atoms with E-state index in [9.17, 15) is 4.21 Å². The highest BCUT2D eigenvalue weighted by atomic mass is 32.1. The lowest BCUT2D eigenvalue weighted by atomic mass is 10.3. The summed E-state index contributed by atoms with van der Waals surface area (Å²) in [4.78, 5) is 0. The van der Waals surface area contributed by atoms with Crippen molar-refractivity contribution in [1.82, 2.24) is 0 Å². The molecule has 0 heterocycles. The molecule has 0 unspecified atom stereocenters. The van der Waals surface area contributed by atoms with Crippen molar-refractivity contribution in [2.24, 2.45) is 0 Å². The Hall–Kier alpha value is -0.0200. The molecule has 0 aromatic carbocycles. The van der Waals surface area contributed by atoms with Gasteiger partial charge in [0.1, 0.15) is 0 Å². The molecule has 0 aliphatic carbocycles. The summed E-state index contributed by atoms with van der Waals surface area (Å²) in [5.74, 6) is 0.681. The maximum Gasteiger partial charge on any atom is 0.458 e. The monoisotopic (exact) mass is 135 g/mol. The molecule has 1 N–H and O–H groups in total. The molecule has 0 aromatic heterocycles. The zero-order chi connectivity index (χ0) is 6.24. The fraction of sp³-hybridized carbons (Fsp3) is 1.00. The van der Waals surface area contributed by atoms with E-state index in [0.29, 0.717) is 17.4 Å². The molecular formula is C5H11O2S+. The van der Waals surface area contributed by atoms with Crippen LogP contribution in [0.2, 0.25) is 0 Å². The van der Waals surface area contributed by atoms with E-state index in [1.807, 2.05) is 0 Å². The van der Waals surface area contributed by atoms with Crippen LogP contribution in [0.3, 0.4) is 0 Å². The number of aliphatic hydroxyl groups is 1. The van der Waals surface area contributed by atoms with Crippen LogP contribution in [0.4, 0.5) is 0 Å². The van der Waals surface area contributed by atoms with Gasteiger partial charge < -0.3 is 5.11 Å². The zero-order valence-corrected chi connectivity index (χ0v) is 5.62. The van der Waals surface area contributed by atoms with Crippen LogP contribution in [-0.2, 0) is 15.9 Å². The molecule has 0 rings (SSSR count). The van der Waals surface area contributed by atoms with E-state index in [4.69, 9.17) is 5.11 Å². The summed E-state index contributed by atoms with van der Waals surface area (Å²) in [6.07, 6.45) is 2.75. The summed E-state index contributed by atoms with van der Waals surface area (Å²) in [7, 11) is 0. The number of hydrogen-bond donors (Lipinski definition) is 1. The molecule has 0 radical (unpaired) electrons. The van der Waals surface area contributed by atoms with Crippen LogP contribution in [0.1, 0.15) is 19.3 Å². The molecule has 0 aliphatic rings. The van der Waals surface area contributed by atoms with Gasteiger partial charge in [-0.2, -0.15) is 0 Å². The van der Waals surface area contributed by atoms with Crippen molar-refractivity contribution in [3.05, 3.63) is 0 Å². The second-order valence-electron chi connectivity index (χ2n) is 1.61. The summed E-state index contributed by atoms with van der Waals surface area (Å²) >= 11 is 0.620. The Morgan fingerprint density at radius 3 is 2.50 bits per heavy atom. The zero-order valence-electron chi connectivity index (χ0n) is 4.80. The van der Waals surface area contributed by atoms with Gasteiger partial charge in [0.05, 0.1) is 0 Å². The lowest BCUT2D eigenvalue weighted by Gasteiger charge is -1.85. The normalized spacial score (nSPS) is 9.12. The Balaban J connectivity index is 2.62. The summed E-state index contributed by atoms with van der Waals surface area (Å²) in [6, 6.07) is 0. The summed E-state index contributed by atoms with van der Waals surface area (Å²) in [5.41, 5.74) is 0. The van der Waals surface area contributed by atoms with Gasteiger partial charge in [-0.05, 0) is 12.8 Å². The van der Waals surface area contributed by atoms with Crippen LogP contribution in [0.5, 0.6) is 0 Å². The third kappa shape index (κ3) is 5.98. The molecular weight excluding hydrogens is 124 g/mol. The molecule has 0 saturated heterocycles. The Kier molecular flexibility index (Phi) is 6.96. The fourth-order valence-electron chi connectivity index (χ4n) is 0.450. The molecule has 2 nitrogen and oxygen atoms in total. The van der Waals surface area contributed by atoms with Crippen LogP contribution in [0, 0.1) is 0 Å². The van der Waals surface area contributed by atoms with Crippen LogP contribution >= 0.6 is 0 Å². The molecule has 0 aliphatic heterocycles. The first-order valence-corrected chi connectivity index (χ1v) is 3.68. The largest absolute Gasteiger partial charge is 0.458 e. The van der Waals surface area contributed by atoms with Crippen molar-refractivity contribution in [3.63, 3.8) is 0 Å². The third-order valence-electron chi connectivity index (χ3n) is 0.886. The van der Waals surface area contributed by atoms with Crippen LogP contribution < -0.4 is 0 Å². The van der Waals surface area contributed by atoms with Gasteiger partial charge in [-0.25, -0.2) is 0 Å². The lowest BCUT2D eigenvalue weighted by Crippen LogP contribution is -1.85. The average molecular weight is 135 g/mol. The van der Waals surface area contributed by atoms with E-state index >= 15 is 0 Å². The van der Waals surface area contributed by atoms with Gasteiger partial charge in [-0.15, -0.1) is 0 Å². The van der Waals surface area contributed by atoms with Gasteiger partial charge in [0.2, 0.25) is 5.75 Å². The number of aliphatic hydroxyl groups excluding tert-OH is 1. The van der Waals surface area contributed by atoms with Gasteiger partial charge in [-0.3, -0.25) is 0 Å². The molecule has 0 spiro atoms. The second-order valence-corrected chi connectivity index (χ2v) is 2.25. The molecule has 0 aromatic rings. The van der Waals surface area contributed by atoms with E-state index in [1.165, 1.54) is 0 Å². The highest BCUT2D eigenvalue weighted by Crippen LogP contribution is 1.91. The minimum absolute atomic E-state index is 0.253. The van der Waals surface area contributed by atoms with E-state index in [2.05, 4.69) is 0 Å². The Morgan fingerprint density at radius 1 is 1.25 bits per heavy atom. The standard InChI is InChI=1S/C5H11O2S/c6-4-2-1-3-5-8-7/h6H,1-5H2/q+1. The maximum atomic E-state index is 9.75. The van der Waals surface area contributed by atoms with E-state index in [-0.39, 0.29) is 6.61 Å². The van der Waals surface area contributed by atoms with E-state index in [0.717, 1.165) is 19.3 Å². The minimum atomic E-state index is 0.253. The Labute approximate surface area is 53.4 Å². The average Bonchev–Trinajstić information content (AvgIpc) is 1.81. The van der Waals surface area contributed by atoms with Crippen molar-refractivity contribution in [2.75, 3.05) is 12.4 Å². The van der Waals surface area contributed by atoms with Crippen molar-refractivity contribution >= 4 is 11.7 Å². The molecule has 0 bridgehead atoms. The summed E-state index contributed by atoms with van der Waals surface area (Å²) in [6.45, 7) is 0.253. The molecule has 0 atom stereocenters. The maximum absolute atomic E-state index is 9.75. The van der Waals surface area contributed by atoms with Crippen LogP contribution in [0.15, 0.2) is 0 Å². The highest BCUT2D eigenvalue weighted by Gasteiger charge is 1.95. The number of unbranched alkanes of at least 4 members (excludes halogenated alkanes) is 2. The van der Waals surface area contributed by atoms with Crippen molar-refractivity contribution < 1.29 is 9.32 Å². The highest BCUT2D eigenvalue weighted by molar-refractivity contribution is 7.65. The van der Waals surface area contributed by atoms with Crippen LogP contribution in [-0.4, -0.2) is 17.5 Å². The smallest absolute Gasteiger partial charge is 0.396 e. The van der Waals surface area contributed by atoms with Crippen molar-refractivity contribution in [1.29, 1.82) is 0 Å². The first kappa shape index (κ1) is 7.98. The molecule has 3 heteroatoms. The molecule has 0 saturated carbocycles. The fourth-order valence-corrected chi connectivity index (χ4v) is 0.772. The predicted octanol–water partition coefficient (Wildman–Crippen LogP) is 0.577. The molecule has 8 heavy (non-hydrogen) atoms. The predicted molar refractivity (Wildman–Crippen MR) is 33.9 cm³/mol. The SMILES string of the molecule is O=[S+]CCCCCO. The molecule has 0 fully saturated rings. The number of hydrogen-bond acceptors (Lipinski definition) is 2. The first-order chi connectivity index (χ1) is 3.91. The lowest BCUT2D eigenvalue weighted by molar-refractivity contribution is 0.284.